The molecule has 2 rings (SSSR count). The average molecular weight is 162 g/mol. The van der Waals surface area contributed by atoms with Gasteiger partial charge >= 0.3 is 0 Å². The lowest BCUT2D eigenvalue weighted by atomic mass is 10.1. The monoisotopic (exact) mass is 162 g/mol. The van der Waals surface area contributed by atoms with E-state index in [1.165, 1.54) is 17.5 Å². The zero-order chi connectivity index (χ0) is 8.55. The summed E-state index contributed by atoms with van der Waals surface area (Å²) >= 11 is 0. The first-order valence-electron chi connectivity index (χ1n) is 4.43. The van der Waals surface area contributed by atoms with Crippen molar-refractivity contribution in [2.45, 2.75) is 19.3 Å². The average Bonchev–Trinajstić information content (AvgIpc) is 2.84. The van der Waals surface area contributed by atoms with E-state index in [2.05, 4.69) is 18.0 Å². The Morgan fingerprint density at radius 3 is 3.08 bits per heavy atom. The maximum atomic E-state index is 5.60. The highest BCUT2D eigenvalue weighted by Crippen LogP contribution is 2.47. The van der Waals surface area contributed by atoms with Crippen molar-refractivity contribution < 1.29 is 0 Å². The van der Waals surface area contributed by atoms with Crippen molar-refractivity contribution in [1.82, 2.24) is 4.98 Å². The first-order valence-corrected chi connectivity index (χ1v) is 4.43. The zero-order valence-corrected chi connectivity index (χ0v) is 7.33. The summed E-state index contributed by atoms with van der Waals surface area (Å²) in [5, 5.41) is 0. The molecule has 1 fully saturated rings. The Bertz CT molecular complexity index is 283. The molecule has 1 aromatic rings. The van der Waals surface area contributed by atoms with Gasteiger partial charge in [-0.05, 0) is 48.9 Å². The number of aryl methyl sites for hydroxylation is 1. The maximum absolute atomic E-state index is 5.60. The zero-order valence-electron chi connectivity index (χ0n) is 7.33. The van der Waals surface area contributed by atoms with E-state index in [0.29, 0.717) is 0 Å². The molecule has 0 radical (unpaired) electrons. The molecule has 2 nitrogen and oxygen atoms in total. The van der Waals surface area contributed by atoms with Crippen LogP contribution in [-0.2, 0) is 0 Å². The predicted molar refractivity (Wildman–Crippen MR) is 48.9 cm³/mol. The molecule has 0 unspecified atom stereocenters. The Morgan fingerprint density at radius 1 is 1.67 bits per heavy atom. The van der Waals surface area contributed by atoms with Gasteiger partial charge in [0.1, 0.15) is 0 Å². The van der Waals surface area contributed by atoms with Gasteiger partial charge in [0, 0.05) is 12.4 Å². The molecule has 1 aliphatic carbocycles. The molecule has 0 aromatic carbocycles. The van der Waals surface area contributed by atoms with Gasteiger partial charge in [-0.2, -0.15) is 0 Å². The molecule has 0 bridgehead atoms. The highest BCUT2D eigenvalue weighted by Gasteiger charge is 2.37. The van der Waals surface area contributed by atoms with Gasteiger partial charge in [-0.3, -0.25) is 4.98 Å². The Balaban J connectivity index is 2.19. The highest BCUT2D eigenvalue weighted by atomic mass is 14.6. The fourth-order valence-electron chi connectivity index (χ4n) is 1.79. The minimum Gasteiger partial charge on any atom is -0.330 e. The SMILES string of the molecule is Cc1cnccc1[C@@H]1C[C@H]1CN. The van der Waals surface area contributed by atoms with Crippen LogP contribution in [0.3, 0.4) is 0 Å². The van der Waals surface area contributed by atoms with Crippen LogP contribution in [0, 0.1) is 12.8 Å². The van der Waals surface area contributed by atoms with Crippen LogP contribution in [-0.4, -0.2) is 11.5 Å². The van der Waals surface area contributed by atoms with Crippen molar-refractivity contribution in [2.75, 3.05) is 6.54 Å². The summed E-state index contributed by atoms with van der Waals surface area (Å²) < 4.78 is 0. The Hall–Kier alpha value is -0.890. The molecule has 0 spiro atoms. The van der Waals surface area contributed by atoms with Crippen molar-refractivity contribution in [3.05, 3.63) is 29.6 Å². The molecular formula is C10H14N2. The molecule has 1 aromatic heterocycles. The van der Waals surface area contributed by atoms with Crippen LogP contribution in [0.4, 0.5) is 0 Å². The van der Waals surface area contributed by atoms with E-state index < -0.39 is 0 Å². The van der Waals surface area contributed by atoms with E-state index in [-0.39, 0.29) is 0 Å². The number of aromatic nitrogens is 1. The molecule has 12 heavy (non-hydrogen) atoms. The van der Waals surface area contributed by atoms with Gasteiger partial charge in [0.15, 0.2) is 0 Å². The fourth-order valence-corrected chi connectivity index (χ4v) is 1.79. The molecule has 0 saturated heterocycles. The third-order valence-electron chi connectivity index (χ3n) is 2.69. The lowest BCUT2D eigenvalue weighted by Crippen LogP contribution is -2.02. The van der Waals surface area contributed by atoms with Crippen LogP contribution >= 0.6 is 0 Å². The van der Waals surface area contributed by atoms with Crippen LogP contribution in [0.5, 0.6) is 0 Å². The van der Waals surface area contributed by atoms with Gasteiger partial charge < -0.3 is 5.73 Å². The molecule has 64 valence electrons. The highest BCUT2D eigenvalue weighted by molar-refractivity contribution is 5.30. The third-order valence-corrected chi connectivity index (χ3v) is 2.69. The lowest BCUT2D eigenvalue weighted by molar-refractivity contribution is 0.806. The molecule has 1 heterocycles. The van der Waals surface area contributed by atoms with Gasteiger partial charge in [-0.1, -0.05) is 0 Å². The van der Waals surface area contributed by atoms with Gasteiger partial charge in [-0.25, -0.2) is 0 Å². The summed E-state index contributed by atoms with van der Waals surface area (Å²) in [6.45, 7) is 2.95. The topological polar surface area (TPSA) is 38.9 Å². The van der Waals surface area contributed by atoms with E-state index in [1.807, 2.05) is 12.4 Å². The molecule has 1 aliphatic rings. The molecule has 2 N–H and O–H groups in total. The molecular weight excluding hydrogens is 148 g/mol. The third kappa shape index (κ3) is 1.23. The number of rotatable bonds is 2. The quantitative estimate of drug-likeness (QED) is 0.715. The van der Waals surface area contributed by atoms with Crippen molar-refractivity contribution >= 4 is 0 Å². The van der Waals surface area contributed by atoms with Crippen molar-refractivity contribution in [3.63, 3.8) is 0 Å². The number of nitrogens with zero attached hydrogens (tertiary/aromatic N) is 1. The predicted octanol–water partition coefficient (Wildman–Crippen LogP) is 1.45. The number of nitrogens with two attached hydrogens (primary N) is 1. The van der Waals surface area contributed by atoms with Crippen LogP contribution in [0.15, 0.2) is 18.5 Å². The maximum Gasteiger partial charge on any atom is 0.0299 e. The minimum absolute atomic E-state index is 0.720. The van der Waals surface area contributed by atoms with Crippen LogP contribution < -0.4 is 5.73 Å². The van der Waals surface area contributed by atoms with Crippen LogP contribution in [0.25, 0.3) is 0 Å². The van der Waals surface area contributed by atoms with E-state index in [0.717, 1.165) is 18.4 Å². The number of pyridine rings is 1. The minimum atomic E-state index is 0.720. The second-order valence-electron chi connectivity index (χ2n) is 3.57. The fraction of sp³-hybridized carbons (Fsp3) is 0.500. The standard InChI is InChI=1S/C10H14N2/c1-7-6-12-3-2-9(7)10-4-8(10)5-11/h2-3,6,8,10H,4-5,11H2,1H3/t8-,10+/m0/s1. The van der Waals surface area contributed by atoms with Gasteiger partial charge in [-0.15, -0.1) is 0 Å². The number of hydrogen-bond acceptors (Lipinski definition) is 2. The largest absolute Gasteiger partial charge is 0.330 e. The summed E-state index contributed by atoms with van der Waals surface area (Å²) in [4.78, 5) is 4.07. The normalized spacial score (nSPS) is 27.2. The molecule has 0 aliphatic heterocycles. The molecule has 2 heteroatoms. The first kappa shape index (κ1) is 7.74. The lowest BCUT2D eigenvalue weighted by Gasteiger charge is -2.02. The first-order chi connectivity index (χ1) is 5.83. The summed E-state index contributed by atoms with van der Waals surface area (Å²) in [7, 11) is 0. The second-order valence-corrected chi connectivity index (χ2v) is 3.57. The Kier molecular flexibility index (Phi) is 1.85. The number of hydrogen-bond donors (Lipinski definition) is 1. The summed E-state index contributed by atoms with van der Waals surface area (Å²) in [5.74, 6) is 1.45. The summed E-state index contributed by atoms with van der Waals surface area (Å²) in [6, 6.07) is 2.12. The Labute approximate surface area is 72.8 Å². The van der Waals surface area contributed by atoms with Crippen molar-refractivity contribution in [1.29, 1.82) is 0 Å². The van der Waals surface area contributed by atoms with Crippen molar-refractivity contribution in [2.24, 2.45) is 11.7 Å². The Morgan fingerprint density at radius 2 is 2.50 bits per heavy atom. The summed E-state index contributed by atoms with van der Waals surface area (Å²) in [6.07, 6.45) is 5.07. The molecule has 0 amide bonds. The molecule has 1 saturated carbocycles. The van der Waals surface area contributed by atoms with Crippen LogP contribution in [0.1, 0.15) is 23.5 Å². The molecule has 2 atom stereocenters. The van der Waals surface area contributed by atoms with E-state index in [9.17, 15) is 0 Å². The van der Waals surface area contributed by atoms with Gasteiger partial charge in [0.25, 0.3) is 0 Å². The smallest absolute Gasteiger partial charge is 0.0299 e. The summed E-state index contributed by atoms with van der Waals surface area (Å²) in [5.41, 5.74) is 8.34. The van der Waals surface area contributed by atoms with E-state index in [4.69, 9.17) is 5.73 Å². The second kappa shape index (κ2) is 2.87. The van der Waals surface area contributed by atoms with E-state index in [1.54, 1.807) is 0 Å². The van der Waals surface area contributed by atoms with Gasteiger partial charge in [0.05, 0.1) is 0 Å². The van der Waals surface area contributed by atoms with E-state index >= 15 is 0 Å². The van der Waals surface area contributed by atoms with Crippen molar-refractivity contribution in [3.8, 4) is 0 Å². The van der Waals surface area contributed by atoms with Crippen LogP contribution in [0.2, 0.25) is 0 Å². The van der Waals surface area contributed by atoms with Gasteiger partial charge in [0.2, 0.25) is 0 Å².